The van der Waals surface area contributed by atoms with E-state index in [4.69, 9.17) is 0 Å². The Bertz CT molecular complexity index is 1350. The highest BCUT2D eigenvalue weighted by atomic mass is 32.2. The number of unbranched alkanes of at least 4 members (excludes halogenated alkanes) is 5. The fraction of sp³-hybridized carbons (Fsp3) is 0.355. The second kappa shape index (κ2) is 11.3. The van der Waals surface area contributed by atoms with Gasteiger partial charge in [-0.2, -0.15) is 0 Å². The molecule has 0 spiro atoms. The highest BCUT2D eigenvalue weighted by molar-refractivity contribution is 7.91. The molecule has 0 saturated carbocycles. The Morgan fingerprint density at radius 2 is 1.40 bits per heavy atom. The highest BCUT2D eigenvalue weighted by Gasteiger charge is 2.34. The normalized spacial score (nSPS) is 12.8. The lowest BCUT2D eigenvalue weighted by molar-refractivity contribution is 0.552. The van der Waals surface area contributed by atoms with E-state index in [1.165, 1.54) is 19.3 Å². The molecule has 1 unspecified atom stereocenters. The van der Waals surface area contributed by atoms with Gasteiger partial charge in [-0.05, 0) is 37.1 Å². The molecular formula is C31H37NO2S. The van der Waals surface area contributed by atoms with Crippen LogP contribution >= 0.6 is 0 Å². The quantitative estimate of drug-likeness (QED) is 0.199. The number of fused-ring (bicyclic) bond motifs is 1. The van der Waals surface area contributed by atoms with Crippen molar-refractivity contribution >= 4 is 20.7 Å². The SMILES string of the molecule is CCCCCCCCC(c1c(-c2ccccc2)n(C)c2ccccc12)S(=O)(=O)c1ccc(C)cc1. The lowest BCUT2D eigenvalue weighted by Crippen LogP contribution is -2.15. The zero-order valence-electron chi connectivity index (χ0n) is 21.2. The van der Waals surface area contributed by atoms with Gasteiger partial charge in [0.15, 0.2) is 9.84 Å². The van der Waals surface area contributed by atoms with Gasteiger partial charge in [0.25, 0.3) is 0 Å². The van der Waals surface area contributed by atoms with Crippen molar-refractivity contribution in [3.05, 3.63) is 90.0 Å². The summed E-state index contributed by atoms with van der Waals surface area (Å²) in [6, 6.07) is 25.8. The van der Waals surface area contributed by atoms with Crippen LogP contribution in [0.15, 0.2) is 83.8 Å². The van der Waals surface area contributed by atoms with Crippen molar-refractivity contribution in [2.24, 2.45) is 7.05 Å². The first-order valence-corrected chi connectivity index (χ1v) is 14.4. The van der Waals surface area contributed by atoms with E-state index in [2.05, 4.69) is 42.8 Å². The molecule has 4 rings (SSSR count). The molecule has 3 aromatic carbocycles. The molecule has 0 aliphatic heterocycles. The summed E-state index contributed by atoms with van der Waals surface area (Å²) >= 11 is 0. The predicted molar refractivity (Wildman–Crippen MR) is 147 cm³/mol. The molecule has 1 aromatic heterocycles. The first-order valence-electron chi connectivity index (χ1n) is 12.9. The van der Waals surface area contributed by atoms with E-state index < -0.39 is 15.1 Å². The van der Waals surface area contributed by atoms with Gasteiger partial charge in [0.2, 0.25) is 0 Å². The van der Waals surface area contributed by atoms with Crippen LogP contribution in [0.25, 0.3) is 22.2 Å². The topological polar surface area (TPSA) is 39.1 Å². The molecule has 0 radical (unpaired) electrons. The molecule has 1 heterocycles. The number of para-hydroxylation sites is 1. The number of aromatic nitrogens is 1. The maximum Gasteiger partial charge on any atom is 0.185 e. The molecule has 4 aromatic rings. The first kappa shape index (κ1) is 25.2. The first-order chi connectivity index (χ1) is 16.9. The minimum atomic E-state index is -3.59. The van der Waals surface area contributed by atoms with Crippen LogP contribution in [-0.4, -0.2) is 13.0 Å². The van der Waals surface area contributed by atoms with Crippen LogP contribution in [0, 0.1) is 6.92 Å². The molecular weight excluding hydrogens is 450 g/mol. The van der Waals surface area contributed by atoms with E-state index in [0.717, 1.165) is 52.5 Å². The number of aryl methyl sites for hydroxylation is 2. The average molecular weight is 488 g/mol. The smallest absolute Gasteiger partial charge is 0.185 e. The molecule has 0 amide bonds. The van der Waals surface area contributed by atoms with E-state index in [0.29, 0.717) is 11.3 Å². The molecule has 0 bridgehead atoms. The summed E-state index contributed by atoms with van der Waals surface area (Å²) in [5.74, 6) is 0. The highest BCUT2D eigenvalue weighted by Crippen LogP contribution is 2.44. The maximum absolute atomic E-state index is 14.2. The lowest BCUT2D eigenvalue weighted by Gasteiger charge is -2.21. The molecule has 35 heavy (non-hydrogen) atoms. The van der Waals surface area contributed by atoms with Gasteiger partial charge in [-0.3, -0.25) is 0 Å². The Labute approximate surface area is 210 Å². The summed E-state index contributed by atoms with van der Waals surface area (Å²) in [5.41, 5.74) is 5.11. The lowest BCUT2D eigenvalue weighted by atomic mass is 9.98. The van der Waals surface area contributed by atoms with Crippen LogP contribution in [0.2, 0.25) is 0 Å². The molecule has 184 valence electrons. The van der Waals surface area contributed by atoms with Gasteiger partial charge in [-0.1, -0.05) is 112 Å². The van der Waals surface area contributed by atoms with Crippen LogP contribution in [-0.2, 0) is 16.9 Å². The molecule has 4 heteroatoms. The van der Waals surface area contributed by atoms with Gasteiger partial charge in [0.1, 0.15) is 0 Å². The Kier molecular flexibility index (Phi) is 8.12. The number of nitrogens with zero attached hydrogens (tertiary/aromatic N) is 1. The second-order valence-corrected chi connectivity index (χ2v) is 11.7. The zero-order chi connectivity index (χ0) is 24.8. The fourth-order valence-corrected chi connectivity index (χ4v) is 7.02. The predicted octanol–water partition coefficient (Wildman–Crippen LogP) is 8.42. The number of hydrogen-bond acceptors (Lipinski definition) is 2. The van der Waals surface area contributed by atoms with E-state index in [1.54, 1.807) is 12.1 Å². The van der Waals surface area contributed by atoms with Gasteiger partial charge in [0.05, 0.1) is 15.8 Å². The molecule has 3 nitrogen and oxygen atoms in total. The maximum atomic E-state index is 14.2. The summed E-state index contributed by atoms with van der Waals surface area (Å²) in [4.78, 5) is 0.408. The number of rotatable bonds is 11. The van der Waals surface area contributed by atoms with Crippen LogP contribution in [0.5, 0.6) is 0 Å². The molecule has 0 aliphatic rings. The van der Waals surface area contributed by atoms with E-state index in [-0.39, 0.29) is 0 Å². The summed E-state index contributed by atoms with van der Waals surface area (Å²) in [6.45, 7) is 4.21. The van der Waals surface area contributed by atoms with Crippen LogP contribution in [0.1, 0.15) is 68.2 Å². The Balaban J connectivity index is 1.86. The van der Waals surface area contributed by atoms with Gasteiger partial charge >= 0.3 is 0 Å². The van der Waals surface area contributed by atoms with Crippen LogP contribution in [0.3, 0.4) is 0 Å². The van der Waals surface area contributed by atoms with Crippen LogP contribution < -0.4 is 0 Å². The van der Waals surface area contributed by atoms with Gasteiger partial charge in [-0.15, -0.1) is 0 Å². The third-order valence-electron chi connectivity index (χ3n) is 7.06. The second-order valence-electron chi connectivity index (χ2n) is 9.61. The van der Waals surface area contributed by atoms with Crippen molar-refractivity contribution in [3.63, 3.8) is 0 Å². The minimum absolute atomic E-state index is 0.408. The van der Waals surface area contributed by atoms with E-state index >= 15 is 0 Å². The molecule has 1 atom stereocenters. The fourth-order valence-electron chi connectivity index (χ4n) is 5.15. The third-order valence-corrected chi connectivity index (χ3v) is 9.21. The average Bonchev–Trinajstić information content (AvgIpc) is 3.16. The summed E-state index contributed by atoms with van der Waals surface area (Å²) in [6.07, 6.45) is 7.41. The number of hydrogen-bond donors (Lipinski definition) is 0. The Hall–Kier alpha value is -2.85. The van der Waals surface area contributed by atoms with Gasteiger partial charge in [0, 0.05) is 23.5 Å². The Morgan fingerprint density at radius 1 is 0.771 bits per heavy atom. The molecule has 0 fully saturated rings. The number of benzene rings is 3. The summed E-state index contributed by atoms with van der Waals surface area (Å²) < 4.78 is 30.6. The van der Waals surface area contributed by atoms with Crippen molar-refractivity contribution in [1.82, 2.24) is 4.57 Å². The van der Waals surface area contributed by atoms with E-state index in [1.807, 2.05) is 49.4 Å². The van der Waals surface area contributed by atoms with Crippen molar-refractivity contribution in [2.45, 2.75) is 68.9 Å². The molecule has 0 N–H and O–H groups in total. The summed E-state index contributed by atoms with van der Waals surface area (Å²) in [5, 5.41) is 0.429. The van der Waals surface area contributed by atoms with Crippen LogP contribution in [0.4, 0.5) is 0 Å². The van der Waals surface area contributed by atoms with Crippen molar-refractivity contribution in [2.75, 3.05) is 0 Å². The van der Waals surface area contributed by atoms with E-state index in [9.17, 15) is 8.42 Å². The van der Waals surface area contributed by atoms with Crippen molar-refractivity contribution in [1.29, 1.82) is 0 Å². The number of sulfone groups is 1. The Morgan fingerprint density at radius 3 is 2.11 bits per heavy atom. The largest absolute Gasteiger partial charge is 0.343 e. The van der Waals surface area contributed by atoms with Gasteiger partial charge in [-0.25, -0.2) is 8.42 Å². The van der Waals surface area contributed by atoms with Gasteiger partial charge < -0.3 is 4.57 Å². The van der Waals surface area contributed by atoms with Crippen molar-refractivity contribution < 1.29 is 8.42 Å². The molecule has 0 aliphatic carbocycles. The standard InChI is InChI=1S/C31H37NO2S/c1-4-5-6-7-8-12-19-29(35(33,34)26-22-20-24(2)21-23-26)30-27-17-13-14-18-28(27)32(3)31(30)25-15-10-9-11-16-25/h9-11,13-18,20-23,29H,4-8,12,19H2,1-3H3. The summed E-state index contributed by atoms with van der Waals surface area (Å²) in [7, 11) is -1.54. The zero-order valence-corrected chi connectivity index (χ0v) is 22.0. The van der Waals surface area contributed by atoms with Crippen molar-refractivity contribution in [3.8, 4) is 11.3 Å². The molecule has 0 saturated heterocycles. The third kappa shape index (κ3) is 5.38. The minimum Gasteiger partial charge on any atom is -0.343 e. The monoisotopic (exact) mass is 487 g/mol.